The number of ether oxygens (including phenoxy) is 2. The molecular formula is C34H55N5O8. The number of hydroxylamine groups is 1. The van der Waals surface area contributed by atoms with Crippen LogP contribution in [0.1, 0.15) is 142 Å². The Bertz CT molecular complexity index is 1170. The number of nitriles is 1. The summed E-state index contributed by atoms with van der Waals surface area (Å²) in [7, 11) is 0. The number of aliphatic hydroxyl groups excluding tert-OH is 1. The third kappa shape index (κ3) is 15.9. The highest BCUT2D eigenvalue weighted by atomic mass is 16.6. The Labute approximate surface area is 278 Å². The molecule has 4 atom stereocenters. The fourth-order valence-corrected chi connectivity index (χ4v) is 5.66. The second kappa shape index (κ2) is 23.9. The van der Waals surface area contributed by atoms with Gasteiger partial charge in [-0.1, -0.05) is 96.8 Å². The Morgan fingerprint density at radius 3 is 1.96 bits per heavy atom. The van der Waals surface area contributed by atoms with Crippen LogP contribution in [0.15, 0.2) is 17.1 Å². The van der Waals surface area contributed by atoms with Gasteiger partial charge in [-0.25, -0.2) is 10.3 Å². The van der Waals surface area contributed by atoms with Crippen LogP contribution in [0.4, 0.5) is 5.82 Å². The summed E-state index contributed by atoms with van der Waals surface area (Å²) in [4.78, 5) is 52.3. The molecule has 2 heterocycles. The maximum Gasteiger partial charge on any atom is 0.351 e. The van der Waals surface area contributed by atoms with Gasteiger partial charge in [0.2, 0.25) is 11.8 Å². The molecule has 1 saturated heterocycles. The third-order valence-electron chi connectivity index (χ3n) is 8.47. The molecule has 13 heteroatoms. The summed E-state index contributed by atoms with van der Waals surface area (Å²) >= 11 is 0. The van der Waals surface area contributed by atoms with E-state index < -0.39 is 41.9 Å². The van der Waals surface area contributed by atoms with Crippen molar-refractivity contribution in [2.24, 2.45) is 5.92 Å². The van der Waals surface area contributed by atoms with Crippen LogP contribution < -0.4 is 16.5 Å². The number of nitrogens with one attached hydrogen (secondary N) is 2. The first-order chi connectivity index (χ1) is 22.8. The normalized spacial score (nSPS) is 18.9. The summed E-state index contributed by atoms with van der Waals surface area (Å²) in [6, 6.07) is 3.40. The molecule has 1 aliphatic rings. The molecule has 264 valence electrons. The van der Waals surface area contributed by atoms with Crippen molar-refractivity contribution in [3.63, 3.8) is 0 Å². The Morgan fingerprint density at radius 1 is 0.894 bits per heavy atom. The first-order valence-corrected chi connectivity index (χ1v) is 17.5. The van der Waals surface area contributed by atoms with Crippen LogP contribution in [0.5, 0.6) is 0 Å². The van der Waals surface area contributed by atoms with Crippen LogP contribution in [-0.4, -0.2) is 56.5 Å². The molecule has 0 saturated carbocycles. The zero-order chi connectivity index (χ0) is 34.3. The topological polar surface area (TPSA) is 193 Å². The highest BCUT2D eigenvalue weighted by Gasteiger charge is 2.46. The van der Waals surface area contributed by atoms with Crippen molar-refractivity contribution < 1.29 is 34.2 Å². The summed E-state index contributed by atoms with van der Waals surface area (Å²) in [6.45, 7) is 1.95. The van der Waals surface area contributed by atoms with Crippen LogP contribution in [0, 0.1) is 17.2 Å². The second-order valence-electron chi connectivity index (χ2n) is 12.4. The number of amides is 2. The molecule has 0 radical (unpaired) electrons. The van der Waals surface area contributed by atoms with Gasteiger partial charge in [-0.3, -0.25) is 24.2 Å². The molecule has 13 nitrogen and oxygen atoms in total. The lowest BCUT2D eigenvalue weighted by atomic mass is 10.0. The first-order valence-electron chi connectivity index (χ1n) is 17.5. The van der Waals surface area contributed by atoms with Crippen LogP contribution in [-0.2, 0) is 23.9 Å². The van der Waals surface area contributed by atoms with E-state index in [0.29, 0.717) is 32.1 Å². The number of rotatable bonds is 25. The Balaban J connectivity index is 1.67. The molecule has 4 N–H and O–H groups in total. The van der Waals surface area contributed by atoms with Gasteiger partial charge in [0.25, 0.3) is 0 Å². The number of anilines is 1. The van der Waals surface area contributed by atoms with Crippen molar-refractivity contribution >= 4 is 23.6 Å². The molecule has 0 aromatic carbocycles. The van der Waals surface area contributed by atoms with Gasteiger partial charge >= 0.3 is 11.7 Å². The van der Waals surface area contributed by atoms with E-state index >= 15 is 0 Å². The van der Waals surface area contributed by atoms with E-state index in [2.05, 4.69) is 17.2 Å². The standard InChI is InChI=1S/C34H55N5O8/c1-2-3-4-5-6-7-8-9-10-11-12-13-16-19-29(40)36-28-22-23-39(34(44)37-28)33-26(24-35)32(43)27(47-33)25-46-31(42)21-18-15-14-17-20-30(41)38-45/h22-23,26-27,32-33,43,45H,2-21,25H2,1H3,(H,38,41)(H,36,37,40,44)/t26-,27+,32-,33+/m0/s1. The molecule has 2 rings (SSSR count). The number of hydrogen-bond donors (Lipinski definition) is 4. The monoisotopic (exact) mass is 661 g/mol. The molecule has 0 aliphatic carbocycles. The minimum Gasteiger partial charge on any atom is -0.463 e. The number of carbonyl (C=O) groups excluding carboxylic acids is 3. The highest BCUT2D eigenvalue weighted by molar-refractivity contribution is 5.89. The van der Waals surface area contributed by atoms with Gasteiger partial charge in [-0.05, 0) is 25.3 Å². The van der Waals surface area contributed by atoms with Crippen LogP contribution in [0.3, 0.4) is 0 Å². The van der Waals surface area contributed by atoms with E-state index in [0.717, 1.165) is 23.8 Å². The largest absolute Gasteiger partial charge is 0.463 e. The number of nitrogens with zero attached hydrogens (tertiary/aromatic N) is 3. The van der Waals surface area contributed by atoms with Gasteiger partial charge in [-0.15, -0.1) is 0 Å². The van der Waals surface area contributed by atoms with Gasteiger partial charge < -0.3 is 19.9 Å². The molecule has 0 spiro atoms. The summed E-state index contributed by atoms with van der Waals surface area (Å²) in [5.74, 6) is -2.19. The quantitative estimate of drug-likeness (QED) is 0.0453. The molecule has 1 aromatic heterocycles. The number of aliphatic hydroxyl groups is 1. The summed E-state index contributed by atoms with van der Waals surface area (Å²) < 4.78 is 12.1. The van der Waals surface area contributed by atoms with Crippen LogP contribution >= 0.6 is 0 Å². The van der Waals surface area contributed by atoms with Gasteiger partial charge in [0, 0.05) is 25.5 Å². The molecule has 1 aromatic rings. The average Bonchev–Trinajstić information content (AvgIpc) is 3.38. The maximum absolute atomic E-state index is 12.8. The van der Waals surface area contributed by atoms with E-state index in [1.54, 1.807) is 5.48 Å². The molecular weight excluding hydrogens is 606 g/mol. The number of esters is 1. The Morgan fingerprint density at radius 2 is 1.43 bits per heavy atom. The molecule has 0 bridgehead atoms. The van der Waals surface area contributed by atoms with Crippen LogP contribution in [0.2, 0.25) is 0 Å². The van der Waals surface area contributed by atoms with E-state index in [1.807, 2.05) is 6.07 Å². The van der Waals surface area contributed by atoms with Gasteiger partial charge in [-0.2, -0.15) is 10.2 Å². The fourth-order valence-electron chi connectivity index (χ4n) is 5.66. The predicted molar refractivity (Wildman–Crippen MR) is 175 cm³/mol. The van der Waals surface area contributed by atoms with Gasteiger partial charge in [0.05, 0.1) is 6.07 Å². The van der Waals surface area contributed by atoms with Crippen molar-refractivity contribution in [2.75, 3.05) is 11.9 Å². The summed E-state index contributed by atoms with van der Waals surface area (Å²) in [5, 5.41) is 31.4. The zero-order valence-electron chi connectivity index (χ0n) is 28.0. The minimum atomic E-state index is -1.30. The zero-order valence-corrected chi connectivity index (χ0v) is 28.0. The average molecular weight is 662 g/mol. The Hall–Kier alpha value is -3.34. The van der Waals surface area contributed by atoms with Gasteiger partial charge in [0.1, 0.15) is 30.6 Å². The van der Waals surface area contributed by atoms with Gasteiger partial charge in [0.15, 0.2) is 6.23 Å². The second-order valence-corrected chi connectivity index (χ2v) is 12.4. The van der Waals surface area contributed by atoms with E-state index in [4.69, 9.17) is 14.7 Å². The molecule has 1 aliphatic heterocycles. The number of hydrogen-bond acceptors (Lipinski definition) is 10. The number of aromatic nitrogens is 2. The molecule has 1 fully saturated rings. The van der Waals surface area contributed by atoms with Crippen molar-refractivity contribution in [3.05, 3.63) is 22.7 Å². The predicted octanol–water partition coefficient (Wildman–Crippen LogP) is 5.45. The highest BCUT2D eigenvalue weighted by Crippen LogP contribution is 2.34. The lowest BCUT2D eigenvalue weighted by Crippen LogP contribution is -2.32. The van der Waals surface area contributed by atoms with E-state index in [1.165, 1.54) is 76.5 Å². The minimum absolute atomic E-state index is 0.0974. The Kier molecular flexibility index (Phi) is 20.3. The summed E-state index contributed by atoms with van der Waals surface area (Å²) in [5.41, 5.74) is 0.816. The van der Waals surface area contributed by atoms with Crippen molar-refractivity contribution in [2.45, 2.75) is 154 Å². The SMILES string of the molecule is CCCCCCCCCCCCCCCC(=O)Nc1ccn([C@@H]2O[C@H](COC(=O)CCCCCCC(=O)NO)[C@@H](O)[C@@H]2C#N)c(=O)n1. The van der Waals surface area contributed by atoms with E-state index in [9.17, 15) is 29.5 Å². The first kappa shape index (κ1) is 39.8. The van der Waals surface area contributed by atoms with Crippen molar-refractivity contribution in [1.82, 2.24) is 15.0 Å². The van der Waals surface area contributed by atoms with E-state index in [-0.39, 0.29) is 31.2 Å². The number of carbonyl (C=O) groups is 3. The molecule has 0 unspecified atom stereocenters. The molecule has 47 heavy (non-hydrogen) atoms. The van der Waals surface area contributed by atoms with Crippen molar-refractivity contribution in [1.29, 1.82) is 5.26 Å². The smallest absolute Gasteiger partial charge is 0.351 e. The lowest BCUT2D eigenvalue weighted by molar-refractivity contribution is -0.150. The molecule has 2 amide bonds. The number of unbranched alkanes of at least 4 members (excludes halogenated alkanes) is 15. The van der Waals surface area contributed by atoms with Crippen LogP contribution in [0.25, 0.3) is 0 Å². The van der Waals surface area contributed by atoms with Crippen molar-refractivity contribution in [3.8, 4) is 6.07 Å². The maximum atomic E-state index is 12.8. The summed E-state index contributed by atoms with van der Waals surface area (Å²) in [6.07, 6.45) is 16.9. The third-order valence-corrected chi connectivity index (χ3v) is 8.47. The fraction of sp³-hybridized carbons (Fsp3) is 0.765. The lowest BCUT2D eigenvalue weighted by Gasteiger charge is -2.17.